The molecular weight excluding hydrogens is 388 g/mol. The van der Waals surface area contributed by atoms with E-state index in [1.54, 1.807) is 0 Å². The van der Waals surface area contributed by atoms with Gasteiger partial charge in [0.1, 0.15) is 11.2 Å². The number of thiocyanates is 1. The maximum atomic E-state index is 12.1. The number of ether oxygens (including phenoxy) is 2. The average Bonchev–Trinajstić information content (AvgIpc) is 3.15. The standard InChI is InChI=1S/C22H22N2O4S/c1-14-8-19(29-13-23)9-15(2)22(14)24-20(25)11-28-21(26)12-27-18-7-6-16-4-3-5-17(16)10-18/h6-10H,3-5,11-12H2,1-2H3,(H,24,25). The van der Waals surface area contributed by atoms with E-state index in [1.165, 1.54) is 11.1 Å². The third-order valence-electron chi connectivity index (χ3n) is 4.73. The Bertz CT molecular complexity index is 958. The van der Waals surface area contributed by atoms with Crippen molar-refractivity contribution in [1.82, 2.24) is 0 Å². The van der Waals surface area contributed by atoms with Crippen LogP contribution >= 0.6 is 11.8 Å². The second kappa shape index (κ2) is 9.48. The minimum absolute atomic E-state index is 0.246. The summed E-state index contributed by atoms with van der Waals surface area (Å²) in [6.07, 6.45) is 3.27. The Morgan fingerprint density at radius 3 is 2.55 bits per heavy atom. The first-order chi connectivity index (χ1) is 14.0. The number of nitrogens with one attached hydrogen (secondary N) is 1. The second-order valence-electron chi connectivity index (χ2n) is 6.91. The van der Waals surface area contributed by atoms with Crippen molar-refractivity contribution < 1.29 is 19.1 Å². The molecule has 0 bridgehead atoms. The highest BCUT2D eigenvalue weighted by Crippen LogP contribution is 2.28. The van der Waals surface area contributed by atoms with Gasteiger partial charge in [0.15, 0.2) is 13.2 Å². The lowest BCUT2D eigenvalue weighted by Gasteiger charge is -2.13. The summed E-state index contributed by atoms with van der Waals surface area (Å²) in [5.41, 5.74) is 4.93. The van der Waals surface area contributed by atoms with Crippen LogP contribution in [0.2, 0.25) is 0 Å². The monoisotopic (exact) mass is 410 g/mol. The Morgan fingerprint density at radius 1 is 1.10 bits per heavy atom. The highest BCUT2D eigenvalue weighted by Gasteiger charge is 2.14. The summed E-state index contributed by atoms with van der Waals surface area (Å²) >= 11 is 1.06. The highest BCUT2D eigenvalue weighted by atomic mass is 32.2. The molecule has 1 aliphatic rings. The number of rotatable bonds is 7. The smallest absolute Gasteiger partial charge is 0.344 e. The van der Waals surface area contributed by atoms with Crippen molar-refractivity contribution in [1.29, 1.82) is 5.26 Å². The number of nitrogens with zero attached hydrogens (tertiary/aromatic N) is 1. The van der Waals surface area contributed by atoms with Gasteiger partial charge >= 0.3 is 5.97 Å². The molecule has 0 heterocycles. The van der Waals surface area contributed by atoms with E-state index < -0.39 is 11.9 Å². The maximum absolute atomic E-state index is 12.1. The molecule has 6 nitrogen and oxygen atoms in total. The molecule has 0 atom stereocenters. The van der Waals surface area contributed by atoms with Gasteiger partial charge in [-0.3, -0.25) is 4.79 Å². The van der Waals surface area contributed by atoms with Crippen LogP contribution in [0.5, 0.6) is 5.75 Å². The van der Waals surface area contributed by atoms with E-state index in [2.05, 4.69) is 5.32 Å². The number of aryl methyl sites for hydroxylation is 4. The zero-order valence-electron chi connectivity index (χ0n) is 16.4. The van der Waals surface area contributed by atoms with Crippen molar-refractivity contribution in [3.8, 4) is 11.2 Å². The summed E-state index contributed by atoms with van der Waals surface area (Å²) in [6, 6.07) is 9.49. The molecule has 7 heteroatoms. The largest absolute Gasteiger partial charge is 0.482 e. The fraction of sp³-hybridized carbons (Fsp3) is 0.318. The SMILES string of the molecule is Cc1cc(SC#N)cc(C)c1NC(=O)COC(=O)COc1ccc2c(c1)CCC2. The van der Waals surface area contributed by atoms with E-state index in [-0.39, 0.29) is 13.2 Å². The van der Waals surface area contributed by atoms with Gasteiger partial charge in [0.05, 0.1) is 0 Å². The van der Waals surface area contributed by atoms with Gasteiger partial charge in [-0.1, -0.05) is 6.07 Å². The molecule has 0 fully saturated rings. The van der Waals surface area contributed by atoms with Crippen LogP contribution in [0, 0.1) is 24.5 Å². The Balaban J connectivity index is 1.47. The summed E-state index contributed by atoms with van der Waals surface area (Å²) < 4.78 is 10.5. The van der Waals surface area contributed by atoms with Gasteiger partial charge in [-0.2, -0.15) is 5.26 Å². The van der Waals surface area contributed by atoms with Crippen LogP contribution in [-0.4, -0.2) is 25.1 Å². The average molecular weight is 410 g/mol. The van der Waals surface area contributed by atoms with Crippen LogP contribution in [-0.2, 0) is 27.2 Å². The molecule has 0 saturated carbocycles. The summed E-state index contributed by atoms with van der Waals surface area (Å²) in [4.78, 5) is 24.9. The predicted octanol–water partition coefficient (Wildman–Crippen LogP) is 3.93. The number of amides is 1. The molecule has 0 aromatic heterocycles. The lowest BCUT2D eigenvalue weighted by molar-refractivity contribution is -0.149. The van der Waals surface area contributed by atoms with Crippen molar-refractivity contribution in [2.24, 2.45) is 0 Å². The topological polar surface area (TPSA) is 88.4 Å². The molecule has 0 spiro atoms. The number of hydrogen-bond acceptors (Lipinski definition) is 6. The van der Waals surface area contributed by atoms with Crippen molar-refractivity contribution >= 4 is 29.3 Å². The summed E-state index contributed by atoms with van der Waals surface area (Å²) in [7, 11) is 0. The molecule has 0 aliphatic heterocycles. The Hall–Kier alpha value is -2.98. The molecule has 0 saturated heterocycles. The Morgan fingerprint density at radius 2 is 1.83 bits per heavy atom. The van der Waals surface area contributed by atoms with Crippen LogP contribution in [0.15, 0.2) is 35.2 Å². The van der Waals surface area contributed by atoms with Crippen molar-refractivity contribution in [2.75, 3.05) is 18.5 Å². The van der Waals surface area contributed by atoms with Gasteiger partial charge in [-0.05, 0) is 91.4 Å². The van der Waals surface area contributed by atoms with Gasteiger partial charge in [-0.25, -0.2) is 4.79 Å². The van der Waals surface area contributed by atoms with E-state index in [1.807, 2.05) is 49.6 Å². The number of esters is 1. The molecule has 0 radical (unpaired) electrons. The summed E-state index contributed by atoms with van der Waals surface area (Å²) in [5, 5.41) is 13.6. The van der Waals surface area contributed by atoms with Crippen LogP contribution in [0.4, 0.5) is 5.69 Å². The Labute approximate surface area is 174 Å². The van der Waals surface area contributed by atoms with Crippen LogP contribution < -0.4 is 10.1 Å². The molecule has 0 unspecified atom stereocenters. The van der Waals surface area contributed by atoms with Gasteiger partial charge in [0.25, 0.3) is 5.91 Å². The highest BCUT2D eigenvalue weighted by molar-refractivity contribution is 8.03. The van der Waals surface area contributed by atoms with E-state index in [0.717, 1.165) is 47.0 Å². The number of carbonyl (C=O) groups is 2. The predicted molar refractivity (Wildman–Crippen MR) is 111 cm³/mol. The van der Waals surface area contributed by atoms with Gasteiger partial charge in [0, 0.05) is 10.6 Å². The fourth-order valence-electron chi connectivity index (χ4n) is 3.38. The molecule has 2 aromatic carbocycles. The van der Waals surface area contributed by atoms with E-state index in [0.29, 0.717) is 11.4 Å². The lowest BCUT2D eigenvalue weighted by Crippen LogP contribution is -2.24. The number of hydrogen-bond donors (Lipinski definition) is 1. The van der Waals surface area contributed by atoms with E-state index in [9.17, 15) is 9.59 Å². The van der Waals surface area contributed by atoms with Crippen molar-refractivity contribution in [3.05, 3.63) is 52.6 Å². The third kappa shape index (κ3) is 5.52. The summed E-state index contributed by atoms with van der Waals surface area (Å²) in [5.74, 6) is -0.397. The van der Waals surface area contributed by atoms with E-state index >= 15 is 0 Å². The lowest BCUT2D eigenvalue weighted by atomic mass is 10.1. The molecule has 2 aromatic rings. The number of thioether (sulfide) groups is 1. The minimum Gasteiger partial charge on any atom is -0.482 e. The number of carbonyl (C=O) groups excluding carboxylic acids is 2. The maximum Gasteiger partial charge on any atom is 0.344 e. The van der Waals surface area contributed by atoms with Crippen molar-refractivity contribution in [2.45, 2.75) is 38.0 Å². The first-order valence-electron chi connectivity index (χ1n) is 9.33. The van der Waals surface area contributed by atoms with Crippen LogP contribution in [0.3, 0.4) is 0 Å². The van der Waals surface area contributed by atoms with Gasteiger partial charge < -0.3 is 14.8 Å². The molecule has 1 amide bonds. The first-order valence-corrected chi connectivity index (χ1v) is 10.1. The summed E-state index contributed by atoms with van der Waals surface area (Å²) in [6.45, 7) is 3.06. The quantitative estimate of drug-likeness (QED) is 0.423. The van der Waals surface area contributed by atoms with Gasteiger partial charge in [0.2, 0.25) is 0 Å². The van der Waals surface area contributed by atoms with Crippen molar-refractivity contribution in [3.63, 3.8) is 0 Å². The number of benzene rings is 2. The van der Waals surface area contributed by atoms with Crippen LogP contribution in [0.25, 0.3) is 0 Å². The van der Waals surface area contributed by atoms with Crippen LogP contribution in [0.1, 0.15) is 28.7 Å². The molecule has 3 rings (SSSR count). The molecule has 1 aliphatic carbocycles. The fourth-order valence-corrected chi connectivity index (χ4v) is 3.95. The van der Waals surface area contributed by atoms with Gasteiger partial charge in [-0.15, -0.1) is 0 Å². The Kier molecular flexibility index (Phi) is 6.78. The molecule has 1 N–H and O–H groups in total. The third-order valence-corrected chi connectivity index (χ3v) is 5.29. The second-order valence-corrected chi connectivity index (χ2v) is 7.77. The van der Waals surface area contributed by atoms with E-state index in [4.69, 9.17) is 14.7 Å². The zero-order chi connectivity index (χ0) is 20.8. The molecular formula is C22H22N2O4S. The zero-order valence-corrected chi connectivity index (χ0v) is 17.2. The normalized spacial score (nSPS) is 12.0. The molecule has 150 valence electrons. The number of nitriles is 1. The number of anilines is 1. The minimum atomic E-state index is -0.602. The first kappa shape index (κ1) is 20.7. The number of fused-ring (bicyclic) bond motifs is 1. The molecule has 29 heavy (non-hydrogen) atoms.